The summed E-state index contributed by atoms with van der Waals surface area (Å²) >= 11 is 0. The molecule has 0 aliphatic rings. The normalized spacial score (nSPS) is 11.0. The van der Waals surface area contributed by atoms with Crippen LogP contribution in [0.1, 0.15) is 43.0 Å². The van der Waals surface area contributed by atoms with Crippen LogP contribution in [0.5, 0.6) is 0 Å². The van der Waals surface area contributed by atoms with Crippen LogP contribution in [-0.4, -0.2) is 20.6 Å². The summed E-state index contributed by atoms with van der Waals surface area (Å²) in [7, 11) is 0. The summed E-state index contributed by atoms with van der Waals surface area (Å²) in [5.74, 6) is -0.372. The third kappa shape index (κ3) is 3.26. The van der Waals surface area contributed by atoms with Crippen molar-refractivity contribution in [1.82, 2.24) is 9.55 Å². The van der Waals surface area contributed by atoms with Gasteiger partial charge in [0.25, 0.3) is 0 Å². The van der Waals surface area contributed by atoms with Crippen LogP contribution < -0.4 is 0 Å². The second-order valence-corrected chi connectivity index (χ2v) is 5.38. The van der Waals surface area contributed by atoms with Crippen molar-refractivity contribution in [3.05, 3.63) is 47.5 Å². The average Bonchev–Trinajstić information content (AvgIpc) is 2.87. The van der Waals surface area contributed by atoms with E-state index in [0.29, 0.717) is 12.3 Å². The quantitative estimate of drug-likeness (QED) is 0.908. The highest BCUT2D eigenvalue weighted by molar-refractivity contribution is 5.67. The fourth-order valence-corrected chi connectivity index (χ4v) is 2.11. The first-order chi connectivity index (χ1) is 9.47. The largest absolute Gasteiger partial charge is 0.481 e. The van der Waals surface area contributed by atoms with Gasteiger partial charge in [0.2, 0.25) is 0 Å². The van der Waals surface area contributed by atoms with Crippen molar-refractivity contribution in [1.29, 1.82) is 0 Å². The molecule has 1 N–H and O–H groups in total. The molecule has 20 heavy (non-hydrogen) atoms. The van der Waals surface area contributed by atoms with Gasteiger partial charge in [0.15, 0.2) is 0 Å². The molecule has 0 spiro atoms. The maximum atomic E-state index is 10.7. The van der Waals surface area contributed by atoms with Crippen LogP contribution in [0.3, 0.4) is 0 Å². The SMILES string of the molecule is Cc1ccc(CCC(=O)O)cc1-n1cnc(C(C)C)c1. The topological polar surface area (TPSA) is 55.1 Å². The fraction of sp³-hybridized carbons (Fsp3) is 0.375. The molecule has 2 aromatic rings. The van der Waals surface area contributed by atoms with Crippen LogP contribution >= 0.6 is 0 Å². The minimum atomic E-state index is -0.767. The van der Waals surface area contributed by atoms with Gasteiger partial charge < -0.3 is 9.67 Å². The summed E-state index contributed by atoms with van der Waals surface area (Å²) in [6.45, 7) is 6.27. The number of aryl methyl sites for hydroxylation is 2. The van der Waals surface area contributed by atoms with Crippen LogP contribution in [-0.2, 0) is 11.2 Å². The molecule has 0 fully saturated rings. The van der Waals surface area contributed by atoms with Crippen molar-refractivity contribution >= 4 is 5.97 Å². The van der Waals surface area contributed by atoms with Gasteiger partial charge in [-0.25, -0.2) is 4.98 Å². The lowest BCUT2D eigenvalue weighted by Gasteiger charge is -2.09. The third-order valence-corrected chi connectivity index (χ3v) is 3.37. The molecule has 0 aliphatic heterocycles. The number of hydrogen-bond donors (Lipinski definition) is 1. The van der Waals surface area contributed by atoms with E-state index in [-0.39, 0.29) is 6.42 Å². The molecule has 0 bridgehead atoms. The van der Waals surface area contributed by atoms with E-state index in [4.69, 9.17) is 5.11 Å². The summed E-state index contributed by atoms with van der Waals surface area (Å²) in [6, 6.07) is 6.06. The monoisotopic (exact) mass is 272 g/mol. The third-order valence-electron chi connectivity index (χ3n) is 3.37. The summed E-state index contributed by atoms with van der Waals surface area (Å²) < 4.78 is 2.01. The molecular formula is C16H20N2O2. The number of nitrogens with zero attached hydrogens (tertiary/aromatic N) is 2. The van der Waals surface area contributed by atoms with Gasteiger partial charge in [0.05, 0.1) is 12.0 Å². The number of aromatic nitrogens is 2. The van der Waals surface area contributed by atoms with Gasteiger partial charge in [0, 0.05) is 18.3 Å². The van der Waals surface area contributed by atoms with Gasteiger partial charge in [-0.1, -0.05) is 26.0 Å². The molecule has 106 valence electrons. The van der Waals surface area contributed by atoms with E-state index < -0.39 is 5.97 Å². The van der Waals surface area contributed by atoms with Gasteiger partial charge in [-0.05, 0) is 36.5 Å². The Balaban J connectivity index is 2.29. The standard InChI is InChI=1S/C16H20N2O2/c1-11(2)14-9-18(10-17-14)15-8-13(5-4-12(15)3)6-7-16(19)20/h4-5,8-11H,6-7H2,1-3H3,(H,19,20). The van der Waals surface area contributed by atoms with Crippen molar-refractivity contribution in [2.45, 2.75) is 39.5 Å². The van der Waals surface area contributed by atoms with Gasteiger partial charge in [-0.3, -0.25) is 4.79 Å². The Bertz CT molecular complexity index is 615. The van der Waals surface area contributed by atoms with Gasteiger partial charge in [-0.2, -0.15) is 0 Å². The molecule has 2 rings (SSSR count). The number of rotatable bonds is 5. The molecule has 4 heteroatoms. The molecule has 0 amide bonds. The number of carbonyl (C=O) groups is 1. The first kappa shape index (κ1) is 14.3. The summed E-state index contributed by atoms with van der Waals surface area (Å²) in [6.07, 6.45) is 4.56. The molecule has 0 atom stereocenters. The van der Waals surface area contributed by atoms with E-state index in [9.17, 15) is 4.79 Å². The Kier molecular flexibility index (Phi) is 4.23. The Morgan fingerprint density at radius 1 is 1.40 bits per heavy atom. The second kappa shape index (κ2) is 5.90. The molecule has 1 aromatic heterocycles. The van der Waals surface area contributed by atoms with Crippen LogP contribution in [0, 0.1) is 6.92 Å². The Hall–Kier alpha value is -2.10. The summed E-state index contributed by atoms with van der Waals surface area (Å²) in [5, 5.41) is 8.76. The second-order valence-electron chi connectivity index (χ2n) is 5.38. The highest BCUT2D eigenvalue weighted by Crippen LogP contribution is 2.20. The van der Waals surface area contributed by atoms with Crippen molar-refractivity contribution in [2.24, 2.45) is 0 Å². The molecule has 1 heterocycles. The minimum absolute atomic E-state index is 0.156. The highest BCUT2D eigenvalue weighted by atomic mass is 16.4. The molecular weight excluding hydrogens is 252 g/mol. The Morgan fingerprint density at radius 2 is 2.15 bits per heavy atom. The van der Waals surface area contributed by atoms with Crippen molar-refractivity contribution in [3.63, 3.8) is 0 Å². The van der Waals surface area contributed by atoms with E-state index >= 15 is 0 Å². The Morgan fingerprint density at radius 3 is 2.75 bits per heavy atom. The number of aliphatic carboxylic acids is 1. The van der Waals surface area contributed by atoms with Gasteiger partial charge >= 0.3 is 5.97 Å². The zero-order valence-corrected chi connectivity index (χ0v) is 12.1. The lowest BCUT2D eigenvalue weighted by atomic mass is 10.1. The molecule has 4 nitrogen and oxygen atoms in total. The number of carboxylic acid groups (broad SMARTS) is 1. The number of benzene rings is 1. The molecule has 0 saturated carbocycles. The predicted octanol–water partition coefficient (Wildman–Crippen LogP) is 3.32. The van der Waals surface area contributed by atoms with Crippen LogP contribution in [0.15, 0.2) is 30.7 Å². The molecule has 0 unspecified atom stereocenters. The van der Waals surface area contributed by atoms with Crippen LogP contribution in [0.2, 0.25) is 0 Å². The van der Waals surface area contributed by atoms with Crippen molar-refractivity contribution in [3.8, 4) is 5.69 Å². The maximum absolute atomic E-state index is 10.7. The van der Waals surface area contributed by atoms with Crippen LogP contribution in [0.4, 0.5) is 0 Å². The van der Waals surface area contributed by atoms with E-state index in [1.165, 1.54) is 0 Å². The molecule has 0 saturated heterocycles. The zero-order chi connectivity index (χ0) is 14.7. The first-order valence-corrected chi connectivity index (χ1v) is 6.83. The minimum Gasteiger partial charge on any atom is -0.481 e. The Labute approximate surface area is 119 Å². The zero-order valence-electron chi connectivity index (χ0n) is 12.1. The highest BCUT2D eigenvalue weighted by Gasteiger charge is 2.08. The molecule has 1 aromatic carbocycles. The smallest absolute Gasteiger partial charge is 0.303 e. The van der Waals surface area contributed by atoms with E-state index in [2.05, 4.69) is 18.8 Å². The van der Waals surface area contributed by atoms with E-state index in [1.54, 1.807) is 0 Å². The predicted molar refractivity (Wildman–Crippen MR) is 78.3 cm³/mol. The van der Waals surface area contributed by atoms with E-state index in [0.717, 1.165) is 22.5 Å². The van der Waals surface area contributed by atoms with Gasteiger partial charge in [-0.15, -0.1) is 0 Å². The van der Waals surface area contributed by atoms with Gasteiger partial charge in [0.1, 0.15) is 0 Å². The molecule has 0 aliphatic carbocycles. The fourth-order valence-electron chi connectivity index (χ4n) is 2.11. The first-order valence-electron chi connectivity index (χ1n) is 6.83. The number of hydrogen-bond acceptors (Lipinski definition) is 2. The summed E-state index contributed by atoms with van der Waals surface area (Å²) in [5.41, 5.74) is 4.30. The van der Waals surface area contributed by atoms with Crippen molar-refractivity contribution in [2.75, 3.05) is 0 Å². The molecule has 0 radical (unpaired) electrons. The number of carboxylic acids is 1. The van der Waals surface area contributed by atoms with Crippen LogP contribution in [0.25, 0.3) is 5.69 Å². The lowest BCUT2D eigenvalue weighted by Crippen LogP contribution is -2.00. The average molecular weight is 272 g/mol. The summed E-state index contributed by atoms with van der Waals surface area (Å²) in [4.78, 5) is 15.1. The van der Waals surface area contributed by atoms with Crippen molar-refractivity contribution < 1.29 is 9.90 Å². The maximum Gasteiger partial charge on any atom is 0.303 e. The lowest BCUT2D eigenvalue weighted by molar-refractivity contribution is -0.136. The number of imidazole rings is 1. The van der Waals surface area contributed by atoms with E-state index in [1.807, 2.05) is 42.2 Å².